The Morgan fingerprint density at radius 1 is 1.28 bits per heavy atom. The molecule has 1 rings (SSSR count). The van der Waals surface area contributed by atoms with Gasteiger partial charge in [0.05, 0.1) is 0 Å². The summed E-state index contributed by atoms with van der Waals surface area (Å²) in [7, 11) is 0. The largest absolute Gasteiger partial charge is 0.396 e. The minimum absolute atomic E-state index is 0.313. The lowest BCUT2D eigenvalue weighted by Gasteiger charge is -2.36. The Morgan fingerprint density at radius 2 is 1.94 bits per heavy atom. The van der Waals surface area contributed by atoms with Gasteiger partial charge in [-0.1, -0.05) is 33.6 Å². The molecule has 0 aliphatic heterocycles. The van der Waals surface area contributed by atoms with E-state index in [1.54, 1.807) is 0 Å². The highest BCUT2D eigenvalue weighted by Gasteiger charge is 2.34. The summed E-state index contributed by atoms with van der Waals surface area (Å²) in [5.41, 5.74) is 0.482. The summed E-state index contributed by atoms with van der Waals surface area (Å²) in [6.45, 7) is 11.5. The molecule has 0 spiro atoms. The highest BCUT2D eigenvalue weighted by atomic mass is 16.3. The first kappa shape index (κ1) is 15.9. The monoisotopic (exact) mass is 256 g/mol. The fourth-order valence-corrected chi connectivity index (χ4v) is 3.05. The molecule has 108 valence electrons. The Labute approximate surface area is 113 Å². The third-order valence-corrected chi connectivity index (χ3v) is 4.19. The Balaban J connectivity index is 2.49. The van der Waals surface area contributed by atoms with E-state index in [9.17, 15) is 0 Å². The predicted molar refractivity (Wildman–Crippen MR) is 77.9 cm³/mol. The van der Waals surface area contributed by atoms with E-state index in [-0.39, 0.29) is 0 Å². The molecule has 0 radical (unpaired) electrons. The van der Waals surface area contributed by atoms with Crippen LogP contribution in [0, 0.1) is 5.41 Å². The minimum atomic E-state index is 0.313. The van der Waals surface area contributed by atoms with E-state index in [2.05, 4.69) is 31.0 Å². The van der Waals surface area contributed by atoms with Gasteiger partial charge < -0.3 is 15.3 Å². The Morgan fingerprint density at radius 3 is 2.44 bits per heavy atom. The Hall–Kier alpha value is -0.120. The molecule has 0 saturated heterocycles. The van der Waals surface area contributed by atoms with Crippen LogP contribution in [0.15, 0.2) is 0 Å². The van der Waals surface area contributed by atoms with E-state index in [4.69, 9.17) is 5.11 Å². The van der Waals surface area contributed by atoms with Crippen molar-refractivity contribution in [2.75, 3.05) is 32.8 Å². The zero-order valence-electron chi connectivity index (χ0n) is 12.5. The topological polar surface area (TPSA) is 35.5 Å². The van der Waals surface area contributed by atoms with Crippen LogP contribution in [0.25, 0.3) is 0 Å². The van der Waals surface area contributed by atoms with E-state index in [1.165, 1.54) is 32.2 Å². The van der Waals surface area contributed by atoms with Gasteiger partial charge in [-0.3, -0.25) is 0 Å². The Kier molecular flexibility index (Phi) is 7.20. The van der Waals surface area contributed by atoms with Crippen molar-refractivity contribution in [2.24, 2.45) is 5.41 Å². The van der Waals surface area contributed by atoms with Gasteiger partial charge in [-0.25, -0.2) is 0 Å². The maximum atomic E-state index is 8.97. The van der Waals surface area contributed by atoms with Crippen molar-refractivity contribution in [3.05, 3.63) is 0 Å². The Bertz CT molecular complexity index is 213. The fourth-order valence-electron chi connectivity index (χ4n) is 3.05. The van der Waals surface area contributed by atoms with Crippen molar-refractivity contribution in [1.82, 2.24) is 10.2 Å². The molecular weight excluding hydrogens is 224 g/mol. The third kappa shape index (κ3) is 5.25. The molecule has 2 N–H and O–H groups in total. The molecule has 1 aliphatic rings. The average Bonchev–Trinajstić information content (AvgIpc) is 2.81. The van der Waals surface area contributed by atoms with Crippen LogP contribution in [0.2, 0.25) is 0 Å². The van der Waals surface area contributed by atoms with Gasteiger partial charge >= 0.3 is 0 Å². The van der Waals surface area contributed by atoms with Crippen LogP contribution in [0.4, 0.5) is 0 Å². The molecule has 0 heterocycles. The molecule has 0 amide bonds. The molecule has 0 atom stereocenters. The number of nitrogens with one attached hydrogen (secondary N) is 1. The first-order chi connectivity index (χ1) is 8.62. The molecule has 0 aromatic carbocycles. The molecule has 0 unspecified atom stereocenters. The van der Waals surface area contributed by atoms with E-state index in [0.717, 1.165) is 26.1 Å². The molecule has 0 aromatic heterocycles. The van der Waals surface area contributed by atoms with Crippen molar-refractivity contribution in [3.8, 4) is 0 Å². The van der Waals surface area contributed by atoms with Gasteiger partial charge in [0.1, 0.15) is 0 Å². The summed E-state index contributed by atoms with van der Waals surface area (Å²) >= 11 is 0. The second-order valence-corrected chi connectivity index (χ2v) is 6.19. The fraction of sp³-hybridized carbons (Fsp3) is 1.00. The number of hydrogen-bond donors (Lipinski definition) is 2. The number of rotatable bonds is 9. The summed E-state index contributed by atoms with van der Waals surface area (Å²) < 4.78 is 0. The van der Waals surface area contributed by atoms with Gasteiger partial charge in [0.2, 0.25) is 0 Å². The standard InChI is InChI=1S/C15H32N2O/c1-4-17(10-7-11-18)13-15(8-5-6-9-15)12-16-14(2)3/h14,16,18H,4-13H2,1-3H3. The summed E-state index contributed by atoms with van der Waals surface area (Å²) in [4.78, 5) is 2.52. The molecule has 1 saturated carbocycles. The molecular formula is C15H32N2O. The summed E-state index contributed by atoms with van der Waals surface area (Å²) in [5.74, 6) is 0. The van der Waals surface area contributed by atoms with Crippen molar-refractivity contribution >= 4 is 0 Å². The van der Waals surface area contributed by atoms with Crippen LogP contribution in [-0.4, -0.2) is 48.8 Å². The molecule has 1 aliphatic carbocycles. The van der Waals surface area contributed by atoms with E-state index >= 15 is 0 Å². The van der Waals surface area contributed by atoms with E-state index in [0.29, 0.717) is 18.1 Å². The molecule has 3 nitrogen and oxygen atoms in total. The molecule has 0 aromatic rings. The summed E-state index contributed by atoms with van der Waals surface area (Å²) in [6, 6.07) is 0.579. The van der Waals surface area contributed by atoms with Gasteiger partial charge in [-0.05, 0) is 31.2 Å². The van der Waals surface area contributed by atoms with Gasteiger partial charge in [-0.2, -0.15) is 0 Å². The second kappa shape index (κ2) is 8.13. The SMILES string of the molecule is CCN(CCCO)CC1(CNC(C)C)CCCC1. The molecule has 18 heavy (non-hydrogen) atoms. The maximum absolute atomic E-state index is 8.97. The van der Waals surface area contributed by atoms with E-state index in [1.807, 2.05) is 0 Å². The third-order valence-electron chi connectivity index (χ3n) is 4.19. The van der Waals surface area contributed by atoms with Crippen molar-refractivity contribution in [2.45, 2.75) is 58.9 Å². The van der Waals surface area contributed by atoms with Crippen LogP contribution < -0.4 is 5.32 Å². The lowest BCUT2D eigenvalue weighted by atomic mass is 9.85. The zero-order valence-corrected chi connectivity index (χ0v) is 12.5. The minimum Gasteiger partial charge on any atom is -0.396 e. The van der Waals surface area contributed by atoms with Crippen LogP contribution in [0.1, 0.15) is 52.9 Å². The lowest BCUT2D eigenvalue weighted by molar-refractivity contribution is 0.141. The number of hydrogen-bond acceptors (Lipinski definition) is 3. The number of nitrogens with zero attached hydrogens (tertiary/aromatic N) is 1. The smallest absolute Gasteiger partial charge is 0.0443 e. The zero-order chi connectivity index (χ0) is 13.4. The van der Waals surface area contributed by atoms with Crippen LogP contribution in [0.3, 0.4) is 0 Å². The van der Waals surface area contributed by atoms with Gasteiger partial charge in [0, 0.05) is 32.3 Å². The highest BCUT2D eigenvalue weighted by molar-refractivity contribution is 4.89. The number of aliphatic hydroxyl groups excluding tert-OH is 1. The predicted octanol–water partition coefficient (Wildman–Crippen LogP) is 2.25. The van der Waals surface area contributed by atoms with Gasteiger partial charge in [-0.15, -0.1) is 0 Å². The van der Waals surface area contributed by atoms with Crippen molar-refractivity contribution in [3.63, 3.8) is 0 Å². The maximum Gasteiger partial charge on any atom is 0.0443 e. The molecule has 0 bridgehead atoms. The van der Waals surface area contributed by atoms with Crippen molar-refractivity contribution < 1.29 is 5.11 Å². The van der Waals surface area contributed by atoms with Gasteiger partial charge in [0.25, 0.3) is 0 Å². The normalized spacial score (nSPS) is 19.0. The average molecular weight is 256 g/mol. The first-order valence-electron chi connectivity index (χ1n) is 7.68. The van der Waals surface area contributed by atoms with Crippen molar-refractivity contribution in [1.29, 1.82) is 0 Å². The second-order valence-electron chi connectivity index (χ2n) is 6.19. The van der Waals surface area contributed by atoms with Crippen LogP contribution >= 0.6 is 0 Å². The molecule has 3 heteroatoms. The van der Waals surface area contributed by atoms with E-state index < -0.39 is 0 Å². The lowest BCUT2D eigenvalue weighted by Crippen LogP contribution is -2.44. The van der Waals surface area contributed by atoms with Crippen LogP contribution in [-0.2, 0) is 0 Å². The summed E-state index contributed by atoms with van der Waals surface area (Å²) in [5, 5.41) is 12.6. The van der Waals surface area contributed by atoms with Crippen LogP contribution in [0.5, 0.6) is 0 Å². The molecule has 1 fully saturated rings. The summed E-state index contributed by atoms with van der Waals surface area (Å²) in [6.07, 6.45) is 6.40. The number of aliphatic hydroxyl groups is 1. The first-order valence-corrected chi connectivity index (χ1v) is 7.68. The highest BCUT2D eigenvalue weighted by Crippen LogP contribution is 2.38. The van der Waals surface area contributed by atoms with Gasteiger partial charge in [0.15, 0.2) is 0 Å². The quantitative estimate of drug-likeness (QED) is 0.664.